The van der Waals surface area contributed by atoms with Crippen molar-refractivity contribution in [2.24, 2.45) is 0 Å². The molecule has 2 heteroatoms. The molecule has 98 valence electrons. The zero-order chi connectivity index (χ0) is 12.8. The maximum Gasteiger partial charge on any atom is 0.126 e. The fourth-order valence-corrected chi connectivity index (χ4v) is 1.58. The number of aldehydes is 1. The van der Waals surface area contributed by atoms with Gasteiger partial charge in [-0.05, 0) is 38.5 Å². The molecule has 0 amide bonds. The van der Waals surface area contributed by atoms with Crippen LogP contribution in [0.2, 0.25) is 0 Å². The van der Waals surface area contributed by atoms with Crippen LogP contribution in [0, 0.1) is 0 Å². The largest absolute Gasteiger partial charge is 0.303 e. The first-order chi connectivity index (χ1) is 8.31. The van der Waals surface area contributed by atoms with Gasteiger partial charge < -0.3 is 4.79 Å². The lowest BCUT2D eigenvalue weighted by Crippen LogP contribution is -1.78. The third-order valence-electron chi connectivity index (χ3n) is 2.61. The number of halogens is 1. The average Bonchev–Trinajstić information content (AvgIpc) is 2.32. The van der Waals surface area contributed by atoms with E-state index in [4.69, 9.17) is 0 Å². The molecule has 0 aromatic rings. The van der Waals surface area contributed by atoms with E-state index in [2.05, 4.69) is 19.1 Å². The summed E-state index contributed by atoms with van der Waals surface area (Å²) in [5.74, 6) is -0.296. The summed E-state index contributed by atoms with van der Waals surface area (Å²) >= 11 is 0. The van der Waals surface area contributed by atoms with Crippen molar-refractivity contribution in [2.45, 2.75) is 64.7 Å². The average molecular weight is 240 g/mol. The predicted molar refractivity (Wildman–Crippen MR) is 71.6 cm³/mol. The van der Waals surface area contributed by atoms with E-state index in [1.807, 2.05) is 0 Å². The van der Waals surface area contributed by atoms with E-state index in [1.165, 1.54) is 31.8 Å². The lowest BCUT2D eigenvalue weighted by molar-refractivity contribution is -0.107. The summed E-state index contributed by atoms with van der Waals surface area (Å²) in [6.45, 7) is 2.21. The van der Waals surface area contributed by atoms with Crippen molar-refractivity contribution >= 4 is 6.29 Å². The third kappa shape index (κ3) is 13.0. The third-order valence-corrected chi connectivity index (χ3v) is 2.61. The van der Waals surface area contributed by atoms with Crippen LogP contribution in [-0.2, 0) is 4.79 Å². The second-order valence-corrected chi connectivity index (χ2v) is 4.27. The Hall–Kier alpha value is -0.920. The van der Waals surface area contributed by atoms with Gasteiger partial charge in [0.1, 0.15) is 12.1 Å². The summed E-state index contributed by atoms with van der Waals surface area (Å²) in [7, 11) is 0. The molecule has 0 N–H and O–H groups in total. The van der Waals surface area contributed by atoms with Crippen LogP contribution in [0.1, 0.15) is 64.7 Å². The standard InChI is InChI=1S/C15H25FO/c1-2-3-4-5-6-7-8-9-10-11-12-15(16)13-14-17/h6-7,12,14H,2-5,8-11,13H2,1H3. The van der Waals surface area contributed by atoms with Gasteiger partial charge in [0.25, 0.3) is 0 Å². The number of unbranched alkanes of at least 4 members (excludes halogenated alkanes) is 6. The van der Waals surface area contributed by atoms with Crippen molar-refractivity contribution in [2.75, 3.05) is 0 Å². The quantitative estimate of drug-likeness (QED) is 0.278. The van der Waals surface area contributed by atoms with Crippen LogP contribution in [0.5, 0.6) is 0 Å². The molecule has 0 heterocycles. The summed E-state index contributed by atoms with van der Waals surface area (Å²) in [5.41, 5.74) is 0. The molecule has 0 aromatic heterocycles. The van der Waals surface area contributed by atoms with Crippen LogP contribution in [-0.4, -0.2) is 6.29 Å². The molecule has 0 aliphatic carbocycles. The van der Waals surface area contributed by atoms with Gasteiger partial charge in [-0.15, -0.1) is 0 Å². The molecule has 17 heavy (non-hydrogen) atoms. The summed E-state index contributed by atoms with van der Waals surface area (Å²) < 4.78 is 12.8. The number of carbonyl (C=O) groups excluding carboxylic acids is 1. The van der Waals surface area contributed by atoms with Crippen LogP contribution in [0.25, 0.3) is 0 Å². The molecule has 0 rings (SSSR count). The Morgan fingerprint density at radius 1 is 1.00 bits per heavy atom. The second-order valence-electron chi connectivity index (χ2n) is 4.27. The Kier molecular flexibility index (Phi) is 12.4. The lowest BCUT2D eigenvalue weighted by atomic mass is 10.1. The number of allylic oxidation sites excluding steroid dienone is 4. The molecule has 0 bridgehead atoms. The van der Waals surface area contributed by atoms with Crippen molar-refractivity contribution in [1.82, 2.24) is 0 Å². The normalized spacial score (nSPS) is 12.2. The van der Waals surface area contributed by atoms with E-state index in [0.717, 1.165) is 25.7 Å². The molecule has 0 radical (unpaired) electrons. The molecule has 0 fully saturated rings. The Labute approximate surface area is 105 Å². The highest BCUT2D eigenvalue weighted by molar-refractivity contribution is 5.53. The van der Waals surface area contributed by atoms with Crippen LogP contribution in [0.4, 0.5) is 4.39 Å². The highest BCUT2D eigenvalue weighted by Crippen LogP contribution is 2.08. The van der Waals surface area contributed by atoms with Gasteiger partial charge in [0.05, 0.1) is 6.42 Å². The number of rotatable bonds is 11. The number of hydrogen-bond donors (Lipinski definition) is 0. The van der Waals surface area contributed by atoms with Crippen molar-refractivity contribution in [3.63, 3.8) is 0 Å². The minimum absolute atomic E-state index is 0.0721. The minimum Gasteiger partial charge on any atom is -0.303 e. The van der Waals surface area contributed by atoms with E-state index < -0.39 is 0 Å². The topological polar surface area (TPSA) is 17.1 Å². The van der Waals surface area contributed by atoms with Crippen molar-refractivity contribution in [1.29, 1.82) is 0 Å². The minimum atomic E-state index is -0.296. The molecule has 0 saturated heterocycles. The molecule has 0 aromatic carbocycles. The van der Waals surface area contributed by atoms with E-state index >= 15 is 0 Å². The molecule has 0 aliphatic heterocycles. The first-order valence-corrected chi connectivity index (χ1v) is 6.74. The Morgan fingerprint density at radius 2 is 1.59 bits per heavy atom. The lowest BCUT2D eigenvalue weighted by Gasteiger charge is -1.95. The highest BCUT2D eigenvalue weighted by atomic mass is 19.1. The summed E-state index contributed by atoms with van der Waals surface area (Å²) in [4.78, 5) is 10.0. The summed E-state index contributed by atoms with van der Waals surface area (Å²) in [5, 5.41) is 0. The molecular formula is C15H25FO. The molecule has 0 saturated carbocycles. The van der Waals surface area contributed by atoms with Gasteiger partial charge in [-0.1, -0.05) is 38.0 Å². The molecule has 0 aliphatic rings. The molecule has 0 spiro atoms. The molecular weight excluding hydrogens is 215 g/mol. The highest BCUT2D eigenvalue weighted by Gasteiger charge is 1.92. The molecule has 1 nitrogen and oxygen atoms in total. The van der Waals surface area contributed by atoms with Crippen LogP contribution in [0.3, 0.4) is 0 Å². The first-order valence-electron chi connectivity index (χ1n) is 6.74. The van der Waals surface area contributed by atoms with Crippen molar-refractivity contribution in [3.8, 4) is 0 Å². The number of carbonyl (C=O) groups is 1. The smallest absolute Gasteiger partial charge is 0.126 e. The van der Waals surface area contributed by atoms with Gasteiger partial charge in [0, 0.05) is 0 Å². The van der Waals surface area contributed by atoms with Gasteiger partial charge in [-0.25, -0.2) is 4.39 Å². The van der Waals surface area contributed by atoms with E-state index in [1.54, 1.807) is 0 Å². The Morgan fingerprint density at radius 3 is 2.18 bits per heavy atom. The fourth-order valence-electron chi connectivity index (χ4n) is 1.58. The summed E-state index contributed by atoms with van der Waals surface area (Å²) in [6.07, 6.45) is 15.5. The Bertz CT molecular complexity index is 231. The molecule has 0 atom stereocenters. The summed E-state index contributed by atoms with van der Waals surface area (Å²) in [6, 6.07) is 0. The van der Waals surface area contributed by atoms with Crippen molar-refractivity contribution in [3.05, 3.63) is 24.1 Å². The SMILES string of the molecule is CCCCCC=CCCCCC=C(F)CC=O. The van der Waals surface area contributed by atoms with Crippen molar-refractivity contribution < 1.29 is 9.18 Å². The van der Waals surface area contributed by atoms with Crippen LogP contribution < -0.4 is 0 Å². The van der Waals surface area contributed by atoms with Gasteiger partial charge in [-0.2, -0.15) is 0 Å². The monoisotopic (exact) mass is 240 g/mol. The van der Waals surface area contributed by atoms with Gasteiger partial charge in [0.2, 0.25) is 0 Å². The predicted octanol–water partition coefficient (Wildman–Crippen LogP) is 5.13. The van der Waals surface area contributed by atoms with Gasteiger partial charge in [-0.3, -0.25) is 0 Å². The first kappa shape index (κ1) is 16.1. The van der Waals surface area contributed by atoms with Gasteiger partial charge >= 0.3 is 0 Å². The van der Waals surface area contributed by atoms with E-state index in [9.17, 15) is 9.18 Å². The van der Waals surface area contributed by atoms with Crippen LogP contribution >= 0.6 is 0 Å². The Balaban J connectivity index is 3.28. The maximum atomic E-state index is 12.8. The fraction of sp³-hybridized carbons (Fsp3) is 0.667. The number of hydrogen-bond acceptors (Lipinski definition) is 1. The van der Waals surface area contributed by atoms with E-state index in [-0.39, 0.29) is 12.2 Å². The molecule has 0 unspecified atom stereocenters. The zero-order valence-electron chi connectivity index (χ0n) is 11.0. The zero-order valence-corrected chi connectivity index (χ0v) is 11.0. The second kappa shape index (κ2) is 13.1. The van der Waals surface area contributed by atoms with Gasteiger partial charge in [0.15, 0.2) is 0 Å². The maximum absolute atomic E-state index is 12.8. The van der Waals surface area contributed by atoms with E-state index in [0.29, 0.717) is 6.29 Å². The van der Waals surface area contributed by atoms with Crippen LogP contribution in [0.15, 0.2) is 24.1 Å².